The number of nitrogens with zero attached hydrogens (tertiary/aromatic N) is 1. The van der Waals surface area contributed by atoms with Crippen LogP contribution in [0.5, 0.6) is 0 Å². The highest BCUT2D eigenvalue weighted by atomic mass is 79.9. The Kier molecular flexibility index (Phi) is 7.52. The van der Waals surface area contributed by atoms with Crippen LogP contribution < -0.4 is 10.6 Å². The maximum Gasteiger partial charge on any atom is 0.263 e. The van der Waals surface area contributed by atoms with Gasteiger partial charge in [0.05, 0.1) is 0 Å². The van der Waals surface area contributed by atoms with Crippen LogP contribution in [0.2, 0.25) is 5.02 Å². The molecule has 0 saturated carbocycles. The molecular formula is C19H17BrClN3O. The normalized spacial score (nSPS) is 10.8. The first kappa shape index (κ1) is 19.0. The van der Waals surface area contributed by atoms with E-state index in [4.69, 9.17) is 16.9 Å². The summed E-state index contributed by atoms with van der Waals surface area (Å²) in [5.41, 5.74) is 2.12. The van der Waals surface area contributed by atoms with Gasteiger partial charge in [-0.25, -0.2) is 0 Å². The Balaban J connectivity index is 1.82. The number of carbonyl (C=O) groups excluding carboxylic acids is 1. The smallest absolute Gasteiger partial charge is 0.263 e. The van der Waals surface area contributed by atoms with Gasteiger partial charge in [0.25, 0.3) is 5.91 Å². The van der Waals surface area contributed by atoms with Crippen molar-refractivity contribution in [2.24, 2.45) is 0 Å². The number of carbonyl (C=O) groups is 1. The molecule has 128 valence electrons. The molecule has 0 bridgehead atoms. The van der Waals surface area contributed by atoms with Gasteiger partial charge in [-0.05, 0) is 35.7 Å². The molecule has 0 aliphatic heterocycles. The second-order valence-corrected chi connectivity index (χ2v) is 6.57. The highest BCUT2D eigenvalue weighted by Gasteiger charge is 2.08. The molecule has 0 unspecified atom stereocenters. The number of benzene rings is 2. The van der Waals surface area contributed by atoms with Gasteiger partial charge in [0.15, 0.2) is 0 Å². The van der Waals surface area contributed by atoms with Crippen LogP contribution in [0.3, 0.4) is 0 Å². The largest absolute Gasteiger partial charge is 0.389 e. The Bertz CT molecular complexity index is 797. The van der Waals surface area contributed by atoms with Gasteiger partial charge in [-0.15, -0.1) is 0 Å². The van der Waals surface area contributed by atoms with Crippen LogP contribution in [0.15, 0.2) is 64.8 Å². The molecule has 2 N–H and O–H groups in total. The van der Waals surface area contributed by atoms with E-state index in [-0.39, 0.29) is 5.57 Å². The topological polar surface area (TPSA) is 64.9 Å². The van der Waals surface area contributed by atoms with E-state index in [2.05, 4.69) is 26.6 Å². The molecule has 6 heteroatoms. The van der Waals surface area contributed by atoms with Crippen molar-refractivity contribution in [1.29, 1.82) is 5.26 Å². The summed E-state index contributed by atoms with van der Waals surface area (Å²) < 4.78 is 1.04. The van der Waals surface area contributed by atoms with E-state index in [1.807, 2.05) is 42.5 Å². The van der Waals surface area contributed by atoms with Gasteiger partial charge in [0, 0.05) is 28.8 Å². The first-order valence-electron chi connectivity index (χ1n) is 7.70. The van der Waals surface area contributed by atoms with Gasteiger partial charge in [-0.1, -0.05) is 57.9 Å². The fourth-order valence-corrected chi connectivity index (χ4v) is 2.72. The van der Waals surface area contributed by atoms with E-state index < -0.39 is 5.91 Å². The lowest BCUT2D eigenvalue weighted by Gasteiger charge is -2.06. The van der Waals surface area contributed by atoms with Crippen molar-refractivity contribution in [3.8, 4) is 6.07 Å². The lowest BCUT2D eigenvalue weighted by molar-refractivity contribution is -0.117. The third-order valence-electron chi connectivity index (χ3n) is 3.47. The van der Waals surface area contributed by atoms with Crippen LogP contribution in [0.4, 0.5) is 0 Å². The molecule has 2 aromatic carbocycles. The van der Waals surface area contributed by atoms with Gasteiger partial charge >= 0.3 is 0 Å². The van der Waals surface area contributed by atoms with Crippen molar-refractivity contribution in [3.05, 3.63) is 80.9 Å². The van der Waals surface area contributed by atoms with Crippen LogP contribution in [0.1, 0.15) is 11.1 Å². The molecule has 4 nitrogen and oxygen atoms in total. The monoisotopic (exact) mass is 417 g/mol. The second-order valence-electron chi connectivity index (χ2n) is 5.27. The van der Waals surface area contributed by atoms with Crippen LogP contribution in [-0.2, 0) is 17.8 Å². The standard InChI is InChI=1S/C19H17BrClN3O/c20-18-4-2-1-3-15(18)9-10-23-13-16(11-22)19(25)24-12-14-5-7-17(21)8-6-14/h1-8,13,23H,9-10,12H2,(H,24,25)/b16-13-. The molecule has 0 atom stereocenters. The lowest BCUT2D eigenvalue weighted by atomic mass is 10.1. The number of nitriles is 1. The number of hydrogen-bond donors (Lipinski definition) is 2. The molecule has 2 rings (SSSR count). The summed E-state index contributed by atoms with van der Waals surface area (Å²) in [7, 11) is 0. The molecule has 0 saturated heterocycles. The van der Waals surface area contributed by atoms with Gasteiger partial charge in [-0.3, -0.25) is 4.79 Å². The molecule has 0 aliphatic rings. The maximum atomic E-state index is 12.1. The lowest BCUT2D eigenvalue weighted by Crippen LogP contribution is -2.25. The zero-order chi connectivity index (χ0) is 18.1. The highest BCUT2D eigenvalue weighted by molar-refractivity contribution is 9.10. The number of halogens is 2. The molecule has 25 heavy (non-hydrogen) atoms. The first-order chi connectivity index (χ1) is 12.1. The Morgan fingerprint density at radius 2 is 1.92 bits per heavy atom. The fourth-order valence-electron chi connectivity index (χ4n) is 2.11. The van der Waals surface area contributed by atoms with E-state index in [1.165, 1.54) is 6.20 Å². The van der Waals surface area contributed by atoms with Crippen molar-refractivity contribution >= 4 is 33.4 Å². The second kappa shape index (κ2) is 9.87. The van der Waals surface area contributed by atoms with Crippen molar-refractivity contribution < 1.29 is 4.79 Å². The molecule has 0 radical (unpaired) electrons. The summed E-state index contributed by atoms with van der Waals surface area (Å²) in [5.74, 6) is -0.411. The molecular weight excluding hydrogens is 402 g/mol. The van der Waals surface area contributed by atoms with Crippen molar-refractivity contribution in [3.63, 3.8) is 0 Å². The highest BCUT2D eigenvalue weighted by Crippen LogP contribution is 2.15. The summed E-state index contributed by atoms with van der Waals surface area (Å²) in [6, 6.07) is 17.0. The van der Waals surface area contributed by atoms with Crippen molar-refractivity contribution in [2.45, 2.75) is 13.0 Å². The average molecular weight is 419 g/mol. The molecule has 0 spiro atoms. The molecule has 0 aliphatic carbocycles. The minimum atomic E-state index is -0.411. The molecule has 0 fully saturated rings. The molecule has 0 aromatic heterocycles. The summed E-state index contributed by atoms with van der Waals surface area (Å²) in [5, 5.41) is 15.5. The minimum Gasteiger partial charge on any atom is -0.389 e. The SMILES string of the molecule is N#C/C(=C/NCCc1ccccc1Br)C(=O)NCc1ccc(Cl)cc1. The molecule has 0 heterocycles. The van der Waals surface area contributed by atoms with E-state index >= 15 is 0 Å². The third-order valence-corrected chi connectivity index (χ3v) is 4.50. The van der Waals surface area contributed by atoms with Crippen LogP contribution in [0, 0.1) is 11.3 Å². The Morgan fingerprint density at radius 1 is 1.20 bits per heavy atom. The summed E-state index contributed by atoms with van der Waals surface area (Å²) in [4.78, 5) is 12.1. The number of hydrogen-bond acceptors (Lipinski definition) is 3. The quantitative estimate of drug-likeness (QED) is 0.406. The zero-order valence-corrected chi connectivity index (χ0v) is 15.8. The average Bonchev–Trinajstić information content (AvgIpc) is 2.62. The van der Waals surface area contributed by atoms with Gasteiger partial charge in [-0.2, -0.15) is 5.26 Å². The van der Waals surface area contributed by atoms with E-state index in [0.717, 1.165) is 22.0 Å². The van der Waals surface area contributed by atoms with Crippen LogP contribution in [-0.4, -0.2) is 12.5 Å². The van der Waals surface area contributed by atoms with E-state index in [9.17, 15) is 4.79 Å². The Hall–Kier alpha value is -2.29. The summed E-state index contributed by atoms with van der Waals surface area (Å²) in [6.45, 7) is 0.963. The molecule has 2 aromatic rings. The minimum absolute atomic E-state index is 0.0427. The molecule has 1 amide bonds. The predicted molar refractivity (Wildman–Crippen MR) is 103 cm³/mol. The Morgan fingerprint density at radius 3 is 2.60 bits per heavy atom. The summed E-state index contributed by atoms with van der Waals surface area (Å²) >= 11 is 9.31. The first-order valence-corrected chi connectivity index (χ1v) is 8.87. The fraction of sp³-hybridized carbons (Fsp3) is 0.158. The van der Waals surface area contributed by atoms with Crippen molar-refractivity contribution in [1.82, 2.24) is 10.6 Å². The van der Waals surface area contributed by atoms with E-state index in [0.29, 0.717) is 18.1 Å². The van der Waals surface area contributed by atoms with Crippen LogP contribution in [0.25, 0.3) is 0 Å². The van der Waals surface area contributed by atoms with Crippen molar-refractivity contribution in [2.75, 3.05) is 6.54 Å². The van der Waals surface area contributed by atoms with Gasteiger partial charge in [0.2, 0.25) is 0 Å². The zero-order valence-electron chi connectivity index (χ0n) is 13.4. The van der Waals surface area contributed by atoms with Crippen LogP contribution >= 0.6 is 27.5 Å². The summed E-state index contributed by atoms with van der Waals surface area (Å²) in [6.07, 6.45) is 2.23. The number of nitrogens with one attached hydrogen (secondary N) is 2. The van der Waals surface area contributed by atoms with Gasteiger partial charge < -0.3 is 10.6 Å². The number of rotatable bonds is 7. The third kappa shape index (κ3) is 6.26. The Labute approximate surface area is 160 Å². The van der Waals surface area contributed by atoms with E-state index in [1.54, 1.807) is 12.1 Å². The van der Waals surface area contributed by atoms with Gasteiger partial charge in [0.1, 0.15) is 11.6 Å². The number of amides is 1. The predicted octanol–water partition coefficient (Wildman–Crippen LogP) is 3.96. The maximum absolute atomic E-state index is 12.1.